The van der Waals surface area contributed by atoms with Crippen molar-refractivity contribution in [3.63, 3.8) is 0 Å². The van der Waals surface area contributed by atoms with Crippen LogP contribution < -0.4 is 15.5 Å². The normalized spacial score (nSPS) is 19.9. The highest BCUT2D eigenvalue weighted by molar-refractivity contribution is 7.99. The van der Waals surface area contributed by atoms with E-state index in [1.165, 1.54) is 54.4 Å². The van der Waals surface area contributed by atoms with Crippen LogP contribution >= 0.6 is 23.1 Å². The lowest BCUT2D eigenvalue weighted by Gasteiger charge is -2.43. The molecule has 0 spiro atoms. The van der Waals surface area contributed by atoms with E-state index in [-0.39, 0.29) is 47.9 Å². The van der Waals surface area contributed by atoms with Crippen LogP contribution in [-0.4, -0.2) is 123 Å². The number of thioether (sulfide) groups is 1. The van der Waals surface area contributed by atoms with Gasteiger partial charge in [0.1, 0.15) is 23.7 Å². The molecule has 2 unspecified atom stereocenters. The van der Waals surface area contributed by atoms with Gasteiger partial charge >= 0.3 is 0 Å². The molecular weight excluding hydrogens is 880 g/mol. The first kappa shape index (κ1) is 45.8. The number of rotatable bonds is 17. The van der Waals surface area contributed by atoms with Crippen LogP contribution in [0.3, 0.4) is 0 Å². The summed E-state index contributed by atoms with van der Waals surface area (Å²) in [5, 5.41) is 17.9. The molecule has 17 heteroatoms. The number of nitrogens with one attached hydrogen (secondary N) is 2. The summed E-state index contributed by atoms with van der Waals surface area (Å²) in [7, 11) is 0. The quantitative estimate of drug-likeness (QED) is 0.0581. The van der Waals surface area contributed by atoms with Crippen molar-refractivity contribution < 1.29 is 33.5 Å². The molecule has 0 saturated carbocycles. The van der Waals surface area contributed by atoms with E-state index in [0.717, 1.165) is 105 Å². The van der Waals surface area contributed by atoms with Crippen LogP contribution in [0.15, 0.2) is 71.1 Å². The van der Waals surface area contributed by atoms with Crippen molar-refractivity contribution in [3.05, 3.63) is 99.8 Å². The number of aromatic hydroxyl groups is 1. The molecule has 3 fully saturated rings. The first-order chi connectivity index (χ1) is 32.1. The molecule has 3 saturated heterocycles. The van der Waals surface area contributed by atoms with Gasteiger partial charge in [-0.05, 0) is 98.0 Å². The number of fused-ring (bicyclic) bond motifs is 2. The zero-order chi connectivity index (χ0) is 45.7. The summed E-state index contributed by atoms with van der Waals surface area (Å²) in [5.41, 5.74) is 3.95. The molecule has 14 nitrogen and oxygen atoms in total. The van der Waals surface area contributed by atoms with Gasteiger partial charge in [0.2, 0.25) is 11.8 Å². The molecule has 5 amide bonds. The van der Waals surface area contributed by atoms with Crippen molar-refractivity contribution in [2.75, 3.05) is 61.8 Å². The number of imide groups is 1. The second-order valence-electron chi connectivity index (χ2n) is 18.0. The Hall–Kier alpha value is -5.36. The number of aromatic nitrogens is 1. The molecule has 348 valence electrons. The first-order valence-corrected chi connectivity index (χ1v) is 25.2. The van der Waals surface area contributed by atoms with Gasteiger partial charge in [-0.1, -0.05) is 37.8 Å². The molecule has 1 aromatic heterocycles. The van der Waals surface area contributed by atoms with E-state index >= 15 is 0 Å². The number of benzene rings is 3. The minimum atomic E-state index is -1.26. The number of phenols is 1. The Labute approximate surface area is 392 Å². The molecule has 0 aliphatic carbocycles. The van der Waals surface area contributed by atoms with Crippen LogP contribution in [0.25, 0.3) is 0 Å². The fraction of sp³-hybridized carbons (Fsp3) is 0.469. The highest BCUT2D eigenvalue weighted by Gasteiger charge is 2.41. The first-order valence-electron chi connectivity index (χ1n) is 23.3. The van der Waals surface area contributed by atoms with Gasteiger partial charge in [-0.3, -0.25) is 39.5 Å². The van der Waals surface area contributed by atoms with Gasteiger partial charge < -0.3 is 24.7 Å². The highest BCUT2D eigenvalue weighted by Crippen LogP contribution is 2.39. The lowest BCUT2D eigenvalue weighted by molar-refractivity contribution is -0.137. The van der Waals surface area contributed by atoms with Gasteiger partial charge in [-0.15, -0.1) is 23.1 Å². The molecule has 0 bridgehead atoms. The molecule has 3 N–H and O–H groups in total. The minimum absolute atomic E-state index is 0.0153. The van der Waals surface area contributed by atoms with Crippen molar-refractivity contribution in [1.82, 2.24) is 29.9 Å². The van der Waals surface area contributed by atoms with Crippen molar-refractivity contribution in [3.8, 4) is 5.75 Å². The summed E-state index contributed by atoms with van der Waals surface area (Å²) in [4.78, 5) is 80.8. The standard InChI is InChI=1S/C49H57FN8O6S2/c50-33-11-14-41(59)38(28-33)44(46(62)53-49-51-18-27-66-49)58-30-32-10-12-35(29-37(32)48(58)64)55-20-16-34(17-21-55)56-24-22-54(23-25-56)19-5-3-1-2-4-6-26-65-42-9-7-8-36-39(42)31-57(47(36)63)40-13-15-43(60)52-45(40)61/h7-12,14,18,27-29,34,40,44,59H,1-6,13,15-17,19-26,30-31H2,(H,51,53,62)(H,52,60,61). The van der Waals surface area contributed by atoms with Crippen molar-refractivity contribution in [1.29, 1.82) is 0 Å². The SMILES string of the molecule is O=C1CCC(N2Cc3c(SCCCCCCCCN4CCN(C5CCN(c6ccc7c(c6)C(=O)N(C(C(=O)Nc6nccs6)c6cc(F)ccc6O)C7)CC5)CC4)cccc3C2=O)C(=O)N1. The van der Waals surface area contributed by atoms with E-state index in [1.54, 1.807) is 28.2 Å². The number of hydrogen-bond acceptors (Lipinski definition) is 12. The molecule has 66 heavy (non-hydrogen) atoms. The lowest BCUT2D eigenvalue weighted by Crippen LogP contribution is -2.53. The van der Waals surface area contributed by atoms with Crippen LogP contribution in [0.2, 0.25) is 0 Å². The number of anilines is 2. The number of thiazole rings is 1. The van der Waals surface area contributed by atoms with Gasteiger partial charge in [0, 0.05) is 104 Å². The highest BCUT2D eigenvalue weighted by atomic mass is 32.2. The van der Waals surface area contributed by atoms with Crippen LogP contribution in [0.1, 0.15) is 108 Å². The zero-order valence-electron chi connectivity index (χ0n) is 37.1. The van der Waals surface area contributed by atoms with E-state index in [4.69, 9.17) is 0 Å². The van der Waals surface area contributed by atoms with Crippen molar-refractivity contribution in [2.24, 2.45) is 0 Å². The Kier molecular flexibility index (Phi) is 14.3. The van der Waals surface area contributed by atoms with Gasteiger partial charge in [-0.2, -0.15) is 0 Å². The number of amides is 5. The van der Waals surface area contributed by atoms with Gasteiger partial charge in [0.05, 0.1) is 0 Å². The third-order valence-electron chi connectivity index (χ3n) is 13.9. The van der Waals surface area contributed by atoms with Crippen LogP contribution in [0.4, 0.5) is 15.2 Å². The zero-order valence-corrected chi connectivity index (χ0v) is 38.7. The molecule has 3 aromatic carbocycles. The van der Waals surface area contributed by atoms with Crippen molar-refractivity contribution >= 4 is 63.5 Å². The van der Waals surface area contributed by atoms with Gasteiger partial charge in [0.25, 0.3) is 17.7 Å². The predicted octanol–water partition coefficient (Wildman–Crippen LogP) is 6.80. The van der Waals surface area contributed by atoms with Crippen LogP contribution in [0.5, 0.6) is 5.75 Å². The average molecular weight is 937 g/mol. The summed E-state index contributed by atoms with van der Waals surface area (Å²) >= 11 is 3.02. The third-order valence-corrected chi connectivity index (χ3v) is 15.7. The molecule has 4 aromatic rings. The topological polar surface area (TPSA) is 159 Å². The Balaban J connectivity index is 0.665. The van der Waals surface area contributed by atoms with Crippen LogP contribution in [0, 0.1) is 5.82 Å². The Morgan fingerprint density at radius 1 is 0.879 bits per heavy atom. The maximum Gasteiger partial charge on any atom is 0.255 e. The Bertz CT molecular complexity index is 2440. The number of nitrogens with zero attached hydrogens (tertiary/aromatic N) is 6. The van der Waals surface area contributed by atoms with E-state index in [9.17, 15) is 33.5 Å². The summed E-state index contributed by atoms with van der Waals surface area (Å²) in [6.07, 6.45) is 11.5. The largest absolute Gasteiger partial charge is 0.508 e. The fourth-order valence-corrected chi connectivity index (χ4v) is 11.9. The van der Waals surface area contributed by atoms with E-state index < -0.39 is 23.8 Å². The Morgan fingerprint density at radius 3 is 2.44 bits per heavy atom. The lowest BCUT2D eigenvalue weighted by atomic mass is 10.0. The number of carbonyl (C=O) groups excluding carboxylic acids is 5. The molecular formula is C49H57FN8O6S2. The van der Waals surface area contributed by atoms with Crippen LogP contribution in [-0.2, 0) is 27.5 Å². The average Bonchev–Trinajstić information content (AvgIpc) is 4.05. The number of piperazine rings is 1. The minimum Gasteiger partial charge on any atom is -0.508 e. The smallest absolute Gasteiger partial charge is 0.255 e. The molecule has 6 heterocycles. The number of piperidine rings is 2. The van der Waals surface area contributed by atoms with E-state index in [0.29, 0.717) is 35.3 Å². The molecule has 5 aliphatic heterocycles. The van der Waals surface area contributed by atoms with E-state index in [2.05, 4.69) is 36.4 Å². The summed E-state index contributed by atoms with van der Waals surface area (Å²) < 4.78 is 14.4. The second-order valence-corrected chi connectivity index (χ2v) is 20.0. The van der Waals surface area contributed by atoms with E-state index in [1.807, 2.05) is 30.3 Å². The van der Waals surface area contributed by atoms with Gasteiger partial charge in [0.15, 0.2) is 5.13 Å². The molecule has 5 aliphatic rings. The molecule has 0 radical (unpaired) electrons. The molecule has 9 rings (SSSR count). The Morgan fingerprint density at radius 2 is 1.67 bits per heavy atom. The number of hydrogen-bond donors (Lipinski definition) is 3. The summed E-state index contributed by atoms with van der Waals surface area (Å²) in [6, 6.07) is 13.8. The molecule has 2 atom stereocenters. The fourth-order valence-electron chi connectivity index (χ4n) is 10.2. The third kappa shape index (κ3) is 10.1. The number of phenolic OH excluding ortho intramolecular Hbond substituents is 1. The van der Waals surface area contributed by atoms with Crippen molar-refractivity contribution in [2.45, 2.75) is 100 Å². The number of carbonyl (C=O) groups is 5. The number of halogens is 1. The predicted molar refractivity (Wildman–Crippen MR) is 252 cm³/mol. The maximum atomic E-state index is 14.4. The summed E-state index contributed by atoms with van der Waals surface area (Å²) in [5.74, 6) is -1.59. The monoisotopic (exact) mass is 936 g/mol. The summed E-state index contributed by atoms with van der Waals surface area (Å²) in [6.45, 7) is 7.83. The second kappa shape index (κ2) is 20.7. The maximum absolute atomic E-state index is 14.4. The number of unbranched alkanes of at least 4 members (excludes halogenated alkanes) is 5. The van der Waals surface area contributed by atoms with Gasteiger partial charge in [-0.25, -0.2) is 9.37 Å².